The molecule has 2 nitrogen and oxygen atoms in total. The maximum Gasteiger partial charge on any atom is 0.123 e. The maximum atomic E-state index is 4.50. The van der Waals surface area contributed by atoms with Crippen LogP contribution in [0.3, 0.4) is 0 Å². The predicted octanol–water partition coefficient (Wildman–Crippen LogP) is 3.48. The average molecular weight is 304 g/mol. The molecule has 0 radical (unpaired) electrons. The molecule has 1 saturated carbocycles. The first-order chi connectivity index (χ1) is 6.66. The van der Waals surface area contributed by atoms with Gasteiger partial charge in [0.15, 0.2) is 0 Å². The Labute approximate surface area is 99.2 Å². The van der Waals surface area contributed by atoms with Crippen LogP contribution in [0.5, 0.6) is 0 Å². The summed E-state index contributed by atoms with van der Waals surface area (Å²) < 4.78 is 3.26. The highest BCUT2D eigenvalue weighted by Crippen LogP contribution is 2.35. The van der Waals surface area contributed by atoms with Crippen LogP contribution in [0.4, 0.5) is 0 Å². The van der Waals surface area contributed by atoms with Crippen LogP contribution >= 0.6 is 22.6 Å². The van der Waals surface area contributed by atoms with Gasteiger partial charge in [0.05, 0.1) is 6.04 Å². The van der Waals surface area contributed by atoms with Gasteiger partial charge in [-0.05, 0) is 59.8 Å². The first-order valence-corrected chi connectivity index (χ1v) is 6.45. The zero-order chi connectivity index (χ0) is 10.1. The summed E-state index contributed by atoms with van der Waals surface area (Å²) in [5, 5.41) is 4.50. The van der Waals surface area contributed by atoms with Gasteiger partial charge < -0.3 is 0 Å². The fourth-order valence-electron chi connectivity index (χ4n) is 2.28. The minimum absolute atomic E-state index is 0.643. The van der Waals surface area contributed by atoms with Gasteiger partial charge in [-0.15, -0.1) is 0 Å². The summed E-state index contributed by atoms with van der Waals surface area (Å²) in [7, 11) is 0. The lowest BCUT2D eigenvalue weighted by atomic mass is 9.79. The third kappa shape index (κ3) is 2.12. The van der Waals surface area contributed by atoms with Crippen molar-refractivity contribution in [1.82, 2.24) is 9.78 Å². The van der Waals surface area contributed by atoms with E-state index in [0.29, 0.717) is 6.04 Å². The molecule has 0 aliphatic heterocycles. The first kappa shape index (κ1) is 10.5. The van der Waals surface area contributed by atoms with Crippen molar-refractivity contribution < 1.29 is 0 Å². The largest absolute Gasteiger partial charge is 0.269 e. The lowest BCUT2D eigenvalue weighted by Gasteiger charge is -2.32. The Morgan fingerprint density at radius 1 is 1.36 bits per heavy atom. The van der Waals surface area contributed by atoms with Crippen LogP contribution in [-0.4, -0.2) is 9.78 Å². The van der Waals surface area contributed by atoms with Gasteiger partial charge in [0, 0.05) is 6.20 Å². The topological polar surface area (TPSA) is 17.8 Å². The molecular weight excluding hydrogens is 287 g/mol. The Kier molecular flexibility index (Phi) is 3.14. The van der Waals surface area contributed by atoms with E-state index in [9.17, 15) is 0 Å². The van der Waals surface area contributed by atoms with Gasteiger partial charge >= 0.3 is 0 Å². The van der Waals surface area contributed by atoms with Gasteiger partial charge in [-0.1, -0.05) is 13.8 Å². The molecule has 1 aliphatic carbocycles. The van der Waals surface area contributed by atoms with Crippen molar-refractivity contribution in [3.63, 3.8) is 0 Å². The molecule has 3 heteroatoms. The van der Waals surface area contributed by atoms with Crippen LogP contribution in [-0.2, 0) is 0 Å². The molecule has 14 heavy (non-hydrogen) atoms. The molecular formula is C11H17IN2. The van der Waals surface area contributed by atoms with E-state index >= 15 is 0 Å². The molecule has 0 N–H and O–H groups in total. The number of halogens is 1. The number of nitrogens with zero attached hydrogens (tertiary/aromatic N) is 2. The maximum absolute atomic E-state index is 4.50. The fraction of sp³-hybridized carbons (Fsp3) is 0.727. The molecule has 0 amide bonds. The Morgan fingerprint density at radius 3 is 2.71 bits per heavy atom. The van der Waals surface area contributed by atoms with Crippen molar-refractivity contribution in [2.75, 3.05) is 0 Å². The summed E-state index contributed by atoms with van der Waals surface area (Å²) in [5.74, 6) is 1.73. The monoisotopic (exact) mass is 304 g/mol. The molecule has 0 spiro atoms. The van der Waals surface area contributed by atoms with Crippen molar-refractivity contribution in [3.05, 3.63) is 16.0 Å². The second kappa shape index (κ2) is 4.21. The van der Waals surface area contributed by atoms with E-state index in [1.165, 1.54) is 19.3 Å². The van der Waals surface area contributed by atoms with E-state index in [-0.39, 0.29) is 0 Å². The van der Waals surface area contributed by atoms with Crippen LogP contribution in [0, 0.1) is 15.5 Å². The lowest BCUT2D eigenvalue weighted by molar-refractivity contribution is 0.200. The first-order valence-electron chi connectivity index (χ1n) is 5.37. The third-order valence-electron chi connectivity index (χ3n) is 3.52. The normalized spacial score (nSPS) is 33.2. The van der Waals surface area contributed by atoms with Crippen LogP contribution in [0.15, 0.2) is 12.3 Å². The van der Waals surface area contributed by atoms with Crippen LogP contribution in [0.25, 0.3) is 0 Å². The van der Waals surface area contributed by atoms with Gasteiger partial charge in [-0.3, -0.25) is 4.68 Å². The second-order valence-electron chi connectivity index (χ2n) is 4.54. The van der Waals surface area contributed by atoms with Crippen molar-refractivity contribution in [1.29, 1.82) is 0 Å². The second-order valence-corrected chi connectivity index (χ2v) is 5.65. The summed E-state index contributed by atoms with van der Waals surface area (Å²) in [5.41, 5.74) is 0. The van der Waals surface area contributed by atoms with Gasteiger partial charge in [-0.2, -0.15) is 5.10 Å². The quantitative estimate of drug-likeness (QED) is 0.726. The molecule has 1 aromatic heterocycles. The highest BCUT2D eigenvalue weighted by molar-refractivity contribution is 14.1. The zero-order valence-corrected chi connectivity index (χ0v) is 10.9. The van der Waals surface area contributed by atoms with Crippen molar-refractivity contribution >= 4 is 22.6 Å². The van der Waals surface area contributed by atoms with Gasteiger partial charge in [0.2, 0.25) is 0 Å². The van der Waals surface area contributed by atoms with E-state index < -0.39 is 0 Å². The van der Waals surface area contributed by atoms with Gasteiger partial charge in [0.25, 0.3) is 0 Å². The molecule has 78 valence electrons. The Hall–Kier alpha value is -0.0600. The molecule has 1 heterocycles. The van der Waals surface area contributed by atoms with Crippen molar-refractivity contribution in [3.8, 4) is 0 Å². The Morgan fingerprint density at radius 2 is 2.14 bits per heavy atom. The molecule has 3 atom stereocenters. The highest BCUT2D eigenvalue weighted by atomic mass is 127. The van der Waals surface area contributed by atoms with E-state index in [2.05, 4.69) is 58.5 Å². The SMILES string of the molecule is CC1CCC(n2ccc(I)n2)CC1C. The van der Waals surface area contributed by atoms with E-state index in [0.717, 1.165) is 15.5 Å². The minimum atomic E-state index is 0.643. The molecule has 1 aliphatic rings. The molecule has 0 saturated heterocycles. The molecule has 0 bridgehead atoms. The van der Waals surface area contributed by atoms with Crippen LogP contribution in [0.1, 0.15) is 39.2 Å². The predicted molar refractivity (Wildman–Crippen MR) is 66.2 cm³/mol. The molecule has 2 rings (SSSR count). The van der Waals surface area contributed by atoms with Crippen molar-refractivity contribution in [2.45, 2.75) is 39.2 Å². The Balaban J connectivity index is 2.06. The van der Waals surface area contributed by atoms with Crippen LogP contribution in [0.2, 0.25) is 0 Å². The number of aromatic nitrogens is 2. The molecule has 1 aromatic rings. The summed E-state index contributed by atoms with van der Waals surface area (Å²) in [6.45, 7) is 4.74. The number of rotatable bonds is 1. The summed E-state index contributed by atoms with van der Waals surface area (Å²) >= 11 is 2.27. The summed E-state index contributed by atoms with van der Waals surface area (Å²) in [4.78, 5) is 0. The summed E-state index contributed by atoms with van der Waals surface area (Å²) in [6.07, 6.45) is 6.06. The highest BCUT2D eigenvalue weighted by Gasteiger charge is 2.25. The number of hydrogen-bond acceptors (Lipinski definition) is 1. The van der Waals surface area contributed by atoms with Crippen LogP contribution < -0.4 is 0 Å². The fourth-order valence-corrected chi connectivity index (χ4v) is 2.69. The third-order valence-corrected chi connectivity index (χ3v) is 4.10. The molecule has 1 fully saturated rings. The standard InChI is InChI=1S/C11H17IN2/c1-8-3-4-10(7-9(8)2)14-6-5-11(12)13-14/h5-6,8-10H,3-4,7H2,1-2H3. The molecule has 3 unspecified atom stereocenters. The van der Waals surface area contributed by atoms with Crippen molar-refractivity contribution in [2.24, 2.45) is 11.8 Å². The van der Waals surface area contributed by atoms with E-state index in [1.807, 2.05) is 0 Å². The minimum Gasteiger partial charge on any atom is -0.269 e. The lowest BCUT2D eigenvalue weighted by Crippen LogP contribution is -2.23. The summed E-state index contributed by atoms with van der Waals surface area (Å²) in [6, 6.07) is 2.73. The average Bonchev–Trinajstić information content (AvgIpc) is 2.57. The smallest absolute Gasteiger partial charge is 0.123 e. The van der Waals surface area contributed by atoms with Gasteiger partial charge in [-0.25, -0.2) is 0 Å². The number of hydrogen-bond donors (Lipinski definition) is 0. The zero-order valence-electron chi connectivity index (χ0n) is 8.78. The molecule has 0 aromatic carbocycles. The van der Waals surface area contributed by atoms with E-state index in [4.69, 9.17) is 0 Å². The van der Waals surface area contributed by atoms with E-state index in [1.54, 1.807) is 0 Å². The Bertz CT molecular complexity index is 308. The van der Waals surface area contributed by atoms with Gasteiger partial charge in [0.1, 0.15) is 3.70 Å².